The van der Waals surface area contributed by atoms with Crippen LogP contribution in [0.4, 0.5) is 5.69 Å². The van der Waals surface area contributed by atoms with E-state index in [0.717, 1.165) is 60.6 Å². The summed E-state index contributed by atoms with van der Waals surface area (Å²) < 4.78 is 3.81. The van der Waals surface area contributed by atoms with Gasteiger partial charge in [-0.3, -0.25) is 9.69 Å². The first-order valence-corrected chi connectivity index (χ1v) is 10.9. The number of aromatic nitrogens is 4. The molecule has 8 nitrogen and oxygen atoms in total. The number of rotatable bonds is 5. The van der Waals surface area contributed by atoms with E-state index in [4.69, 9.17) is 5.73 Å². The second-order valence-corrected chi connectivity index (χ2v) is 8.49. The summed E-state index contributed by atoms with van der Waals surface area (Å²) in [6, 6.07) is 12.0. The Balaban J connectivity index is 1.45. The van der Waals surface area contributed by atoms with Gasteiger partial charge in [0, 0.05) is 42.9 Å². The number of pyridine rings is 1. The van der Waals surface area contributed by atoms with Gasteiger partial charge < -0.3 is 20.0 Å². The number of likely N-dealkylation sites (tertiary alicyclic amines) is 1. The molecule has 0 spiro atoms. The smallest absolute Gasteiger partial charge is 0.276 e. The highest BCUT2D eigenvalue weighted by molar-refractivity contribution is 6.07. The molecule has 4 heterocycles. The van der Waals surface area contributed by atoms with Crippen molar-refractivity contribution >= 4 is 17.1 Å². The van der Waals surface area contributed by atoms with Crippen molar-refractivity contribution < 1.29 is 4.79 Å². The second-order valence-electron chi connectivity index (χ2n) is 8.49. The molecule has 3 N–H and O–H groups in total. The largest absolute Gasteiger partial charge is 0.327 e. The van der Waals surface area contributed by atoms with Gasteiger partial charge in [-0.2, -0.15) is 0 Å². The molecule has 3 aromatic heterocycles. The third-order valence-electron chi connectivity index (χ3n) is 5.85. The SMILES string of the molecule is Cc1cn(-c2cc(CN3CCC[C@H](N)C3)cc(NC(=O)c3ncn4ccccc34)c2)cn1. The zero-order valence-corrected chi connectivity index (χ0v) is 18.1. The molecule has 8 heteroatoms. The zero-order valence-electron chi connectivity index (χ0n) is 18.1. The predicted molar refractivity (Wildman–Crippen MR) is 124 cm³/mol. The Morgan fingerprint density at radius 3 is 2.94 bits per heavy atom. The molecule has 1 fully saturated rings. The monoisotopic (exact) mass is 429 g/mol. The van der Waals surface area contributed by atoms with E-state index in [9.17, 15) is 4.79 Å². The van der Waals surface area contributed by atoms with Crippen molar-refractivity contribution in [1.82, 2.24) is 23.8 Å². The molecule has 1 aliphatic heterocycles. The number of nitrogens with zero attached hydrogens (tertiary/aromatic N) is 5. The summed E-state index contributed by atoms with van der Waals surface area (Å²) in [5, 5.41) is 3.05. The van der Waals surface area contributed by atoms with Gasteiger partial charge in [0.25, 0.3) is 5.91 Å². The lowest BCUT2D eigenvalue weighted by molar-refractivity contribution is 0.102. The van der Waals surface area contributed by atoms with Crippen molar-refractivity contribution in [2.24, 2.45) is 5.73 Å². The van der Waals surface area contributed by atoms with Crippen LogP contribution >= 0.6 is 0 Å². The van der Waals surface area contributed by atoms with Crippen LogP contribution in [0.2, 0.25) is 0 Å². The number of benzene rings is 1. The van der Waals surface area contributed by atoms with Crippen molar-refractivity contribution in [2.45, 2.75) is 32.4 Å². The van der Waals surface area contributed by atoms with Crippen LogP contribution in [0.25, 0.3) is 11.2 Å². The first-order valence-electron chi connectivity index (χ1n) is 10.9. The number of amides is 1. The van der Waals surface area contributed by atoms with E-state index >= 15 is 0 Å². The average Bonchev–Trinajstić information content (AvgIpc) is 3.40. The van der Waals surface area contributed by atoms with E-state index in [1.807, 2.05) is 58.6 Å². The molecule has 1 aromatic carbocycles. The summed E-state index contributed by atoms with van der Waals surface area (Å²) in [5.41, 5.74) is 11.1. The van der Waals surface area contributed by atoms with Crippen LogP contribution in [0, 0.1) is 6.92 Å². The van der Waals surface area contributed by atoms with Gasteiger partial charge in [-0.05, 0) is 62.2 Å². The molecule has 0 bridgehead atoms. The van der Waals surface area contributed by atoms with E-state index in [1.54, 1.807) is 12.7 Å². The summed E-state index contributed by atoms with van der Waals surface area (Å²) in [4.78, 5) is 24.1. The van der Waals surface area contributed by atoms with Crippen LogP contribution in [-0.4, -0.2) is 48.9 Å². The molecule has 1 aliphatic rings. The summed E-state index contributed by atoms with van der Waals surface area (Å²) in [6.07, 6.45) is 9.48. The molecule has 164 valence electrons. The molecule has 0 radical (unpaired) electrons. The fourth-order valence-electron chi connectivity index (χ4n) is 4.35. The van der Waals surface area contributed by atoms with Crippen molar-refractivity contribution in [3.8, 4) is 5.69 Å². The minimum atomic E-state index is -0.233. The van der Waals surface area contributed by atoms with Crippen LogP contribution in [0.5, 0.6) is 0 Å². The highest BCUT2D eigenvalue weighted by Crippen LogP contribution is 2.22. The van der Waals surface area contributed by atoms with Crippen LogP contribution in [0.3, 0.4) is 0 Å². The number of nitrogens with one attached hydrogen (secondary N) is 1. The Kier molecular flexibility index (Phi) is 5.46. The zero-order chi connectivity index (χ0) is 22.1. The molecular weight excluding hydrogens is 402 g/mol. The maximum absolute atomic E-state index is 13.1. The fraction of sp³-hybridized carbons (Fsp3) is 0.292. The van der Waals surface area contributed by atoms with Gasteiger partial charge in [-0.25, -0.2) is 9.97 Å². The van der Waals surface area contributed by atoms with Crippen molar-refractivity contribution in [2.75, 3.05) is 18.4 Å². The molecule has 1 atom stereocenters. The lowest BCUT2D eigenvalue weighted by atomic mass is 10.1. The predicted octanol–water partition coefficient (Wildman–Crippen LogP) is 3.00. The Bertz CT molecular complexity index is 1260. The minimum absolute atomic E-state index is 0.219. The normalized spacial score (nSPS) is 17.0. The van der Waals surface area contributed by atoms with Gasteiger partial charge in [0.05, 0.1) is 17.5 Å². The van der Waals surface area contributed by atoms with E-state index in [1.165, 1.54) is 0 Å². The second kappa shape index (κ2) is 8.57. The molecule has 0 unspecified atom stereocenters. The Morgan fingerprint density at radius 1 is 1.22 bits per heavy atom. The number of carbonyl (C=O) groups excluding carboxylic acids is 1. The number of fused-ring (bicyclic) bond motifs is 1. The lowest BCUT2D eigenvalue weighted by Gasteiger charge is -2.30. The van der Waals surface area contributed by atoms with E-state index in [2.05, 4.69) is 26.3 Å². The van der Waals surface area contributed by atoms with E-state index < -0.39 is 0 Å². The first kappa shape index (κ1) is 20.4. The van der Waals surface area contributed by atoms with Crippen molar-refractivity contribution in [3.63, 3.8) is 0 Å². The number of carbonyl (C=O) groups is 1. The standard InChI is InChI=1S/C24H27N7O/c1-17-12-31(15-26-17)21-10-18(13-29-7-4-5-19(25)14-29)9-20(11-21)28-24(32)23-22-6-2-3-8-30(22)16-27-23/h2-3,6,8-12,15-16,19H,4-5,7,13-14,25H2,1H3,(H,28,32)/t19-/m0/s1. The number of piperidine rings is 1. The number of hydrogen-bond donors (Lipinski definition) is 2. The minimum Gasteiger partial charge on any atom is -0.327 e. The van der Waals surface area contributed by atoms with Gasteiger partial charge in [0.15, 0.2) is 5.69 Å². The Morgan fingerprint density at radius 2 is 2.12 bits per heavy atom. The quantitative estimate of drug-likeness (QED) is 0.509. The Hall–Kier alpha value is -3.49. The highest BCUT2D eigenvalue weighted by atomic mass is 16.1. The molecule has 1 saturated heterocycles. The van der Waals surface area contributed by atoms with Crippen molar-refractivity contribution in [1.29, 1.82) is 0 Å². The third kappa shape index (κ3) is 4.28. The van der Waals surface area contributed by atoms with Crippen LogP contribution < -0.4 is 11.1 Å². The topological polar surface area (TPSA) is 93.5 Å². The first-order chi connectivity index (χ1) is 15.5. The molecular formula is C24H27N7O. The maximum atomic E-state index is 13.1. The summed E-state index contributed by atoms with van der Waals surface area (Å²) in [5.74, 6) is -0.233. The fourth-order valence-corrected chi connectivity index (χ4v) is 4.35. The number of nitrogens with two attached hydrogens (primary N) is 1. The van der Waals surface area contributed by atoms with Gasteiger partial charge in [0.1, 0.15) is 6.33 Å². The van der Waals surface area contributed by atoms with Gasteiger partial charge in [-0.1, -0.05) is 6.07 Å². The summed E-state index contributed by atoms with van der Waals surface area (Å²) in [7, 11) is 0. The summed E-state index contributed by atoms with van der Waals surface area (Å²) in [6.45, 7) is 4.66. The van der Waals surface area contributed by atoms with Crippen LogP contribution in [0.1, 0.15) is 34.6 Å². The number of aryl methyl sites for hydroxylation is 1. The third-order valence-corrected chi connectivity index (χ3v) is 5.85. The highest BCUT2D eigenvalue weighted by Gasteiger charge is 2.18. The van der Waals surface area contributed by atoms with Crippen LogP contribution in [-0.2, 0) is 6.54 Å². The number of hydrogen-bond acceptors (Lipinski definition) is 5. The molecule has 4 aromatic rings. The molecule has 0 aliphatic carbocycles. The lowest BCUT2D eigenvalue weighted by Crippen LogP contribution is -2.42. The van der Waals surface area contributed by atoms with Gasteiger partial charge in [-0.15, -0.1) is 0 Å². The molecule has 5 rings (SSSR count). The van der Waals surface area contributed by atoms with E-state index in [0.29, 0.717) is 5.69 Å². The maximum Gasteiger partial charge on any atom is 0.276 e. The Labute approximate surface area is 186 Å². The van der Waals surface area contributed by atoms with Gasteiger partial charge >= 0.3 is 0 Å². The summed E-state index contributed by atoms with van der Waals surface area (Å²) >= 11 is 0. The number of anilines is 1. The number of imidazole rings is 2. The van der Waals surface area contributed by atoms with Crippen LogP contribution in [0.15, 0.2) is 61.4 Å². The molecule has 1 amide bonds. The molecule has 0 saturated carbocycles. The molecule has 32 heavy (non-hydrogen) atoms. The van der Waals surface area contributed by atoms with Gasteiger partial charge in [0.2, 0.25) is 0 Å². The van der Waals surface area contributed by atoms with E-state index in [-0.39, 0.29) is 11.9 Å². The average molecular weight is 430 g/mol. The van der Waals surface area contributed by atoms with Crippen molar-refractivity contribution in [3.05, 3.63) is 78.4 Å².